The predicted molar refractivity (Wildman–Crippen MR) is 101 cm³/mol. The van der Waals surface area contributed by atoms with Gasteiger partial charge in [-0.3, -0.25) is 10.1 Å². The van der Waals surface area contributed by atoms with Crippen molar-refractivity contribution in [2.75, 3.05) is 29.9 Å². The van der Waals surface area contributed by atoms with Crippen molar-refractivity contribution in [3.63, 3.8) is 0 Å². The Hall–Kier alpha value is -2.93. The minimum Gasteiger partial charge on any atom is -0.482 e. The minimum absolute atomic E-state index is 0.0205. The first-order valence-corrected chi connectivity index (χ1v) is 9.22. The Morgan fingerprint density at radius 1 is 1.30 bits per heavy atom. The molecule has 7 heteroatoms. The van der Waals surface area contributed by atoms with Gasteiger partial charge in [-0.25, -0.2) is 9.78 Å². The van der Waals surface area contributed by atoms with E-state index in [2.05, 4.69) is 28.2 Å². The number of primary amides is 1. The number of amides is 2. The second-order valence-electron chi connectivity index (χ2n) is 7.04. The molecule has 2 amide bonds. The van der Waals surface area contributed by atoms with E-state index in [1.807, 2.05) is 18.3 Å². The van der Waals surface area contributed by atoms with Gasteiger partial charge in [-0.05, 0) is 37.5 Å². The summed E-state index contributed by atoms with van der Waals surface area (Å²) < 4.78 is 5.35. The number of pyridine rings is 1. The fourth-order valence-electron chi connectivity index (χ4n) is 3.66. The molecular formula is C20H23N4O3+. The number of nitrogens with zero attached hydrogens (tertiary/aromatic N) is 2. The lowest BCUT2D eigenvalue weighted by atomic mass is 9.95. The van der Waals surface area contributed by atoms with Crippen molar-refractivity contribution in [2.24, 2.45) is 5.92 Å². The van der Waals surface area contributed by atoms with Crippen LogP contribution < -0.4 is 20.3 Å². The normalized spacial score (nSPS) is 17.1. The number of aryl methyl sites for hydroxylation is 1. The maximum Gasteiger partial charge on any atom is 0.318 e. The Morgan fingerprint density at radius 3 is 2.89 bits per heavy atom. The summed E-state index contributed by atoms with van der Waals surface area (Å²) in [5.74, 6) is 1.63. The lowest BCUT2D eigenvalue weighted by molar-refractivity contribution is -0.487. The number of benzene rings is 1. The summed E-state index contributed by atoms with van der Waals surface area (Å²) in [6.07, 6.45) is 3.44. The number of hydrogen-bond donors (Lipinski definition) is 2. The molecule has 2 aliphatic rings. The highest BCUT2D eigenvalue weighted by Gasteiger charge is 2.29. The molecule has 3 N–H and O–H groups in total. The maximum atomic E-state index is 12.7. The van der Waals surface area contributed by atoms with Crippen molar-refractivity contribution in [1.29, 1.82) is 0 Å². The number of rotatable bonds is 3. The van der Waals surface area contributed by atoms with Crippen LogP contribution in [0.5, 0.6) is 5.75 Å². The number of anilines is 2. The van der Waals surface area contributed by atoms with Crippen molar-refractivity contribution in [3.05, 3.63) is 42.1 Å². The number of carbonyl (C=O) groups is 2. The highest BCUT2D eigenvalue weighted by atomic mass is 16.5. The number of nitrogens with one attached hydrogen (secondary N) is 1. The van der Waals surface area contributed by atoms with Crippen molar-refractivity contribution >= 4 is 29.0 Å². The van der Waals surface area contributed by atoms with Crippen LogP contribution in [0, 0.1) is 12.8 Å². The number of ether oxygens (including phenoxy) is 1. The molecule has 0 spiro atoms. The molecule has 0 aliphatic carbocycles. The highest BCUT2D eigenvalue weighted by Crippen LogP contribution is 2.29. The quantitative estimate of drug-likeness (QED) is 0.800. The third-order valence-electron chi connectivity index (χ3n) is 5.12. The second kappa shape index (κ2) is 7.36. The lowest BCUT2D eigenvalue weighted by Crippen LogP contribution is -2.84. The van der Waals surface area contributed by atoms with E-state index in [9.17, 15) is 9.59 Å². The third-order valence-corrected chi connectivity index (χ3v) is 5.12. The van der Waals surface area contributed by atoms with Crippen molar-refractivity contribution in [2.45, 2.75) is 19.8 Å². The Kier molecular flexibility index (Phi) is 4.77. The first-order valence-electron chi connectivity index (χ1n) is 9.22. The van der Waals surface area contributed by atoms with E-state index in [0.717, 1.165) is 43.0 Å². The molecule has 0 radical (unpaired) electrons. The number of hydrogen-bond acceptors (Lipinski definition) is 5. The number of quaternary nitrogens is 1. The van der Waals surface area contributed by atoms with E-state index in [1.165, 1.54) is 0 Å². The van der Waals surface area contributed by atoms with E-state index in [1.54, 1.807) is 17.4 Å². The molecular weight excluding hydrogens is 344 g/mol. The van der Waals surface area contributed by atoms with E-state index in [-0.39, 0.29) is 24.3 Å². The van der Waals surface area contributed by atoms with E-state index < -0.39 is 0 Å². The first kappa shape index (κ1) is 17.5. The van der Waals surface area contributed by atoms with E-state index in [0.29, 0.717) is 11.4 Å². The molecule has 7 nitrogen and oxygen atoms in total. The molecule has 140 valence electrons. The fraction of sp³-hybridized carbons (Fsp3) is 0.350. The lowest BCUT2D eigenvalue weighted by Gasteiger charge is -2.31. The van der Waals surface area contributed by atoms with Gasteiger partial charge < -0.3 is 15.0 Å². The average Bonchev–Trinajstić information content (AvgIpc) is 2.68. The average molecular weight is 367 g/mol. The summed E-state index contributed by atoms with van der Waals surface area (Å²) in [5.41, 5.74) is 2.56. The summed E-state index contributed by atoms with van der Waals surface area (Å²) in [6.45, 7) is 3.75. The second-order valence-corrected chi connectivity index (χ2v) is 7.04. The van der Waals surface area contributed by atoms with Crippen LogP contribution in [0.25, 0.3) is 0 Å². The van der Waals surface area contributed by atoms with Crippen molar-refractivity contribution < 1.29 is 19.6 Å². The summed E-state index contributed by atoms with van der Waals surface area (Å²) in [7, 11) is 0. The van der Waals surface area contributed by atoms with Gasteiger partial charge in [-0.15, -0.1) is 0 Å². The van der Waals surface area contributed by atoms with Gasteiger partial charge in [0.25, 0.3) is 5.91 Å². The van der Waals surface area contributed by atoms with Gasteiger partial charge in [-0.1, -0.05) is 6.07 Å². The van der Waals surface area contributed by atoms with Gasteiger partial charge in [-0.2, -0.15) is 0 Å². The number of nitrogens with two attached hydrogens (primary N) is 1. The highest BCUT2D eigenvalue weighted by molar-refractivity contribution is 5.95. The zero-order valence-electron chi connectivity index (χ0n) is 15.3. The molecule has 0 saturated carbocycles. The van der Waals surface area contributed by atoms with Crippen LogP contribution in [0.15, 0.2) is 36.5 Å². The van der Waals surface area contributed by atoms with Crippen LogP contribution in [0.3, 0.4) is 0 Å². The van der Waals surface area contributed by atoms with E-state index in [4.69, 9.17) is 4.74 Å². The van der Waals surface area contributed by atoms with Gasteiger partial charge in [0.1, 0.15) is 17.3 Å². The molecule has 1 fully saturated rings. The molecule has 0 atom stereocenters. The molecule has 0 unspecified atom stereocenters. The van der Waals surface area contributed by atoms with Gasteiger partial charge in [0, 0.05) is 31.4 Å². The molecule has 2 aromatic rings. The number of aromatic nitrogens is 1. The predicted octanol–water partition coefficient (Wildman–Crippen LogP) is 1.36. The first-order chi connectivity index (χ1) is 13.1. The number of fused-ring (bicyclic) bond motifs is 1. The largest absolute Gasteiger partial charge is 0.482 e. The Balaban J connectivity index is 1.37. The van der Waals surface area contributed by atoms with Gasteiger partial charge in [0.15, 0.2) is 6.61 Å². The van der Waals surface area contributed by atoms with Crippen molar-refractivity contribution in [1.82, 2.24) is 4.98 Å². The Bertz CT molecular complexity index is 875. The van der Waals surface area contributed by atoms with Crippen LogP contribution >= 0.6 is 0 Å². The minimum atomic E-state index is -0.178. The molecule has 1 aromatic heterocycles. The summed E-state index contributed by atoms with van der Waals surface area (Å²) >= 11 is 0. The molecule has 4 rings (SSSR count). The van der Waals surface area contributed by atoms with Gasteiger partial charge in [0.2, 0.25) is 0 Å². The van der Waals surface area contributed by atoms with Crippen molar-refractivity contribution in [3.8, 4) is 5.75 Å². The SMILES string of the molecule is Cc1cccnc1N1CCC(C(=O)[NH2+]c2ccc3c(c2)NC(=O)CO3)CC1. The fourth-order valence-corrected chi connectivity index (χ4v) is 3.66. The van der Waals surface area contributed by atoms with Crippen LogP contribution in [0.2, 0.25) is 0 Å². The third kappa shape index (κ3) is 3.78. The summed E-state index contributed by atoms with van der Waals surface area (Å²) in [5, 5.41) is 4.45. The molecule has 27 heavy (non-hydrogen) atoms. The summed E-state index contributed by atoms with van der Waals surface area (Å²) in [6, 6.07) is 9.43. The Morgan fingerprint density at radius 2 is 2.11 bits per heavy atom. The smallest absolute Gasteiger partial charge is 0.318 e. The monoisotopic (exact) mass is 367 g/mol. The molecule has 3 heterocycles. The van der Waals surface area contributed by atoms with Crippen LogP contribution in [0.1, 0.15) is 18.4 Å². The zero-order chi connectivity index (χ0) is 18.8. The molecule has 0 bridgehead atoms. The maximum absolute atomic E-state index is 12.7. The summed E-state index contributed by atoms with van der Waals surface area (Å²) in [4.78, 5) is 30.9. The van der Waals surface area contributed by atoms with Crippen LogP contribution in [0.4, 0.5) is 17.2 Å². The van der Waals surface area contributed by atoms with Crippen LogP contribution in [-0.2, 0) is 9.59 Å². The molecule has 1 aromatic carbocycles. The number of carbonyl (C=O) groups excluding carboxylic acids is 2. The topological polar surface area (TPSA) is 88.1 Å². The zero-order valence-corrected chi connectivity index (χ0v) is 15.3. The number of piperidine rings is 1. The van der Waals surface area contributed by atoms with E-state index >= 15 is 0 Å². The van der Waals surface area contributed by atoms with Crippen LogP contribution in [-0.4, -0.2) is 36.5 Å². The van der Waals surface area contributed by atoms with Gasteiger partial charge >= 0.3 is 5.91 Å². The molecule has 2 aliphatic heterocycles. The standard InChI is InChI=1S/C20H22N4O3/c1-13-3-2-8-21-19(13)24-9-6-14(7-10-24)20(26)22-15-4-5-17-16(11-15)23-18(25)12-27-17/h2-5,8,11,14H,6-7,9-10,12H2,1H3,(H,22,26)(H,23,25)/p+1. The Labute approximate surface area is 157 Å². The van der Waals surface area contributed by atoms with Gasteiger partial charge in [0.05, 0.1) is 11.6 Å². The molecule has 1 saturated heterocycles.